The first-order valence-electron chi connectivity index (χ1n) is 4.21. The fourth-order valence-electron chi connectivity index (χ4n) is 1.27. The summed E-state index contributed by atoms with van der Waals surface area (Å²) < 4.78 is 0.978. The molecule has 0 radical (unpaired) electrons. The van der Waals surface area contributed by atoms with Crippen molar-refractivity contribution in [3.63, 3.8) is 0 Å². The molecule has 3 N–H and O–H groups in total. The van der Waals surface area contributed by atoms with E-state index in [1.54, 1.807) is 6.20 Å². The minimum atomic E-state index is 0.157. The van der Waals surface area contributed by atoms with Crippen molar-refractivity contribution >= 4 is 15.9 Å². The largest absolute Gasteiger partial charge is 0.271 e. The van der Waals surface area contributed by atoms with Crippen molar-refractivity contribution in [1.29, 1.82) is 0 Å². The molecule has 1 unspecified atom stereocenters. The molecule has 72 valence electrons. The Morgan fingerprint density at radius 2 is 2.15 bits per heavy atom. The molecule has 1 atom stereocenters. The molecule has 0 aliphatic heterocycles. The van der Waals surface area contributed by atoms with Gasteiger partial charge < -0.3 is 0 Å². The monoisotopic (exact) mass is 243 g/mol. The quantitative estimate of drug-likeness (QED) is 0.631. The highest BCUT2D eigenvalue weighted by Crippen LogP contribution is 2.22. The third kappa shape index (κ3) is 2.76. The Labute approximate surface area is 86.8 Å². The van der Waals surface area contributed by atoms with E-state index in [-0.39, 0.29) is 6.04 Å². The molecule has 1 aromatic rings. The number of nitrogens with zero attached hydrogens (tertiary/aromatic N) is 1. The SMILES string of the molecule is CC(C)C(NN)c1cncc(Br)c1. The van der Waals surface area contributed by atoms with Crippen LogP contribution in [-0.2, 0) is 0 Å². The Balaban J connectivity index is 2.91. The molecule has 0 aromatic carbocycles. The van der Waals surface area contributed by atoms with Crippen molar-refractivity contribution in [2.45, 2.75) is 19.9 Å². The fourth-order valence-corrected chi connectivity index (χ4v) is 1.65. The molecule has 0 spiro atoms. The Morgan fingerprint density at radius 3 is 2.62 bits per heavy atom. The van der Waals surface area contributed by atoms with E-state index in [2.05, 4.69) is 40.2 Å². The molecule has 0 aliphatic carbocycles. The van der Waals surface area contributed by atoms with Crippen LogP contribution in [0.5, 0.6) is 0 Å². The van der Waals surface area contributed by atoms with Gasteiger partial charge in [0, 0.05) is 22.9 Å². The molecule has 1 aromatic heterocycles. The van der Waals surface area contributed by atoms with Gasteiger partial charge in [-0.1, -0.05) is 13.8 Å². The third-order valence-corrected chi connectivity index (χ3v) is 2.37. The molecule has 4 heteroatoms. The number of pyridine rings is 1. The molecule has 0 saturated carbocycles. The Morgan fingerprint density at radius 1 is 1.46 bits per heavy atom. The smallest absolute Gasteiger partial charge is 0.0498 e. The zero-order chi connectivity index (χ0) is 9.84. The summed E-state index contributed by atoms with van der Waals surface area (Å²) in [7, 11) is 0. The molecule has 3 nitrogen and oxygen atoms in total. The lowest BCUT2D eigenvalue weighted by molar-refractivity contribution is 0.420. The van der Waals surface area contributed by atoms with Crippen molar-refractivity contribution in [1.82, 2.24) is 10.4 Å². The molecule has 1 heterocycles. The first kappa shape index (κ1) is 10.6. The topological polar surface area (TPSA) is 50.9 Å². The predicted molar refractivity (Wildman–Crippen MR) is 56.8 cm³/mol. The van der Waals surface area contributed by atoms with Gasteiger partial charge in [-0.15, -0.1) is 0 Å². The van der Waals surface area contributed by atoms with Gasteiger partial charge in [-0.3, -0.25) is 16.3 Å². The van der Waals surface area contributed by atoms with Gasteiger partial charge in [-0.25, -0.2) is 0 Å². The van der Waals surface area contributed by atoms with E-state index >= 15 is 0 Å². The fraction of sp³-hybridized carbons (Fsp3) is 0.444. The van der Waals surface area contributed by atoms with Crippen LogP contribution < -0.4 is 11.3 Å². The lowest BCUT2D eigenvalue weighted by Gasteiger charge is -2.19. The number of nitrogens with one attached hydrogen (secondary N) is 1. The van der Waals surface area contributed by atoms with E-state index in [0.29, 0.717) is 5.92 Å². The average Bonchev–Trinajstić information content (AvgIpc) is 2.04. The van der Waals surface area contributed by atoms with Crippen LogP contribution in [0.25, 0.3) is 0 Å². The number of hydrazine groups is 1. The van der Waals surface area contributed by atoms with Gasteiger partial charge in [-0.2, -0.15) is 0 Å². The molecule has 0 amide bonds. The Kier molecular flexibility index (Phi) is 3.84. The first-order valence-corrected chi connectivity index (χ1v) is 5.01. The van der Waals surface area contributed by atoms with E-state index in [1.165, 1.54) is 0 Å². The minimum Gasteiger partial charge on any atom is -0.271 e. The van der Waals surface area contributed by atoms with Gasteiger partial charge in [0.15, 0.2) is 0 Å². The maximum Gasteiger partial charge on any atom is 0.0498 e. The van der Waals surface area contributed by atoms with Crippen molar-refractivity contribution in [3.05, 3.63) is 28.5 Å². The lowest BCUT2D eigenvalue weighted by atomic mass is 9.98. The molecule has 13 heavy (non-hydrogen) atoms. The number of rotatable bonds is 3. The van der Waals surface area contributed by atoms with Gasteiger partial charge in [-0.05, 0) is 33.5 Å². The standard InChI is InChI=1S/C9H14BrN3/c1-6(2)9(13-11)7-3-8(10)5-12-4-7/h3-6,9,13H,11H2,1-2H3. The van der Waals surface area contributed by atoms with Gasteiger partial charge in [0.25, 0.3) is 0 Å². The molecular formula is C9H14BrN3. The first-order chi connectivity index (χ1) is 6.15. The maximum absolute atomic E-state index is 5.46. The van der Waals surface area contributed by atoms with Crippen LogP contribution in [0.4, 0.5) is 0 Å². The summed E-state index contributed by atoms with van der Waals surface area (Å²) in [6, 6.07) is 2.18. The van der Waals surface area contributed by atoms with E-state index < -0.39 is 0 Å². The van der Waals surface area contributed by atoms with E-state index in [4.69, 9.17) is 5.84 Å². The molecular weight excluding hydrogens is 230 g/mol. The summed E-state index contributed by atoms with van der Waals surface area (Å²) in [5, 5.41) is 0. The molecule has 0 saturated heterocycles. The summed E-state index contributed by atoms with van der Waals surface area (Å²) in [5.74, 6) is 5.91. The second-order valence-corrected chi connectivity index (χ2v) is 4.24. The Hall–Kier alpha value is -0.450. The van der Waals surface area contributed by atoms with Crippen molar-refractivity contribution < 1.29 is 0 Å². The van der Waals surface area contributed by atoms with Crippen LogP contribution in [-0.4, -0.2) is 4.98 Å². The van der Waals surface area contributed by atoms with Gasteiger partial charge >= 0.3 is 0 Å². The van der Waals surface area contributed by atoms with Crippen LogP contribution in [0.2, 0.25) is 0 Å². The number of nitrogens with two attached hydrogens (primary N) is 1. The number of hydrogen-bond acceptors (Lipinski definition) is 3. The summed E-state index contributed by atoms with van der Waals surface area (Å²) >= 11 is 3.38. The second kappa shape index (κ2) is 4.69. The van der Waals surface area contributed by atoms with Crippen LogP contribution in [0.1, 0.15) is 25.5 Å². The van der Waals surface area contributed by atoms with Crippen molar-refractivity contribution in [3.8, 4) is 0 Å². The van der Waals surface area contributed by atoms with Crippen LogP contribution in [0.15, 0.2) is 22.9 Å². The summed E-state index contributed by atoms with van der Waals surface area (Å²) in [5.41, 5.74) is 3.89. The molecule has 0 bridgehead atoms. The third-order valence-electron chi connectivity index (χ3n) is 1.93. The zero-order valence-corrected chi connectivity index (χ0v) is 9.38. The normalized spacial score (nSPS) is 13.3. The number of hydrogen-bond donors (Lipinski definition) is 2. The molecule has 0 fully saturated rings. The molecule has 1 rings (SSSR count). The summed E-state index contributed by atoms with van der Waals surface area (Å²) in [4.78, 5) is 4.09. The highest BCUT2D eigenvalue weighted by atomic mass is 79.9. The van der Waals surface area contributed by atoms with Crippen LogP contribution >= 0.6 is 15.9 Å². The van der Waals surface area contributed by atoms with E-state index in [9.17, 15) is 0 Å². The predicted octanol–water partition coefficient (Wildman–Crippen LogP) is 2.00. The van der Waals surface area contributed by atoms with Crippen LogP contribution in [0.3, 0.4) is 0 Å². The van der Waals surface area contributed by atoms with Crippen molar-refractivity contribution in [2.75, 3.05) is 0 Å². The maximum atomic E-state index is 5.46. The van der Waals surface area contributed by atoms with Gasteiger partial charge in [0.05, 0.1) is 0 Å². The van der Waals surface area contributed by atoms with E-state index in [1.807, 2.05) is 12.3 Å². The van der Waals surface area contributed by atoms with Gasteiger partial charge in [0.1, 0.15) is 0 Å². The highest BCUT2D eigenvalue weighted by molar-refractivity contribution is 9.10. The Bertz CT molecular complexity index is 275. The summed E-state index contributed by atoms with van der Waals surface area (Å²) in [6.07, 6.45) is 3.59. The lowest BCUT2D eigenvalue weighted by Crippen LogP contribution is -2.31. The van der Waals surface area contributed by atoms with E-state index in [0.717, 1.165) is 10.0 Å². The highest BCUT2D eigenvalue weighted by Gasteiger charge is 2.13. The molecule has 0 aliphatic rings. The number of aromatic nitrogens is 1. The summed E-state index contributed by atoms with van der Waals surface area (Å²) in [6.45, 7) is 4.23. The average molecular weight is 244 g/mol. The minimum absolute atomic E-state index is 0.157. The van der Waals surface area contributed by atoms with Gasteiger partial charge in [0.2, 0.25) is 0 Å². The second-order valence-electron chi connectivity index (χ2n) is 3.32. The van der Waals surface area contributed by atoms with Crippen molar-refractivity contribution in [2.24, 2.45) is 11.8 Å². The van der Waals surface area contributed by atoms with Crippen LogP contribution in [0, 0.1) is 5.92 Å². The zero-order valence-electron chi connectivity index (χ0n) is 7.79. The number of halogens is 1.